The maximum Gasteiger partial charge on any atom is 0.162 e. The molecule has 1 aliphatic carbocycles. The SMILES string of the molecule is CCCC1CCC(C(F)=C(F)c2ccc(/C=C/c3ccc(C)cc3)cc2)CC1. The predicted octanol–water partition coefficient (Wildman–Crippen LogP) is 8.38. The molecular formula is C26H30F2. The van der Waals surface area contributed by atoms with E-state index in [-0.39, 0.29) is 5.92 Å². The summed E-state index contributed by atoms with van der Waals surface area (Å²) in [6.45, 7) is 4.25. The fourth-order valence-electron chi connectivity index (χ4n) is 4.04. The Kier molecular flexibility index (Phi) is 7.19. The van der Waals surface area contributed by atoms with E-state index < -0.39 is 11.7 Å². The van der Waals surface area contributed by atoms with Gasteiger partial charge in [0.25, 0.3) is 0 Å². The van der Waals surface area contributed by atoms with E-state index in [4.69, 9.17) is 0 Å². The van der Waals surface area contributed by atoms with E-state index in [1.165, 1.54) is 18.4 Å². The summed E-state index contributed by atoms with van der Waals surface area (Å²) >= 11 is 0. The largest absolute Gasteiger partial charge is 0.208 e. The van der Waals surface area contributed by atoms with E-state index in [9.17, 15) is 8.78 Å². The van der Waals surface area contributed by atoms with E-state index in [2.05, 4.69) is 38.1 Å². The second-order valence-electron chi connectivity index (χ2n) is 8.03. The molecule has 0 aliphatic heterocycles. The first kappa shape index (κ1) is 20.5. The number of aryl methyl sites for hydroxylation is 1. The number of hydrogen-bond acceptors (Lipinski definition) is 0. The second-order valence-corrected chi connectivity index (χ2v) is 8.03. The summed E-state index contributed by atoms with van der Waals surface area (Å²) in [5.41, 5.74) is 3.65. The molecular weight excluding hydrogens is 350 g/mol. The molecule has 0 amide bonds. The quantitative estimate of drug-likeness (QED) is 0.441. The van der Waals surface area contributed by atoms with Gasteiger partial charge in [-0.1, -0.05) is 86.0 Å². The van der Waals surface area contributed by atoms with Crippen molar-refractivity contribution in [3.63, 3.8) is 0 Å². The smallest absolute Gasteiger partial charge is 0.162 e. The van der Waals surface area contributed by atoms with Crippen LogP contribution in [-0.4, -0.2) is 0 Å². The lowest BCUT2D eigenvalue weighted by atomic mass is 9.79. The summed E-state index contributed by atoms with van der Waals surface area (Å²) in [5.74, 6) is -0.808. The third-order valence-electron chi connectivity index (χ3n) is 5.82. The van der Waals surface area contributed by atoms with Gasteiger partial charge in [0, 0.05) is 11.5 Å². The van der Waals surface area contributed by atoms with Crippen LogP contribution in [0.2, 0.25) is 0 Å². The first-order chi connectivity index (χ1) is 13.6. The molecule has 28 heavy (non-hydrogen) atoms. The number of allylic oxidation sites excluding steroid dienone is 1. The van der Waals surface area contributed by atoms with Crippen molar-refractivity contribution in [2.75, 3.05) is 0 Å². The van der Waals surface area contributed by atoms with Crippen molar-refractivity contribution < 1.29 is 8.78 Å². The maximum absolute atomic E-state index is 14.7. The standard InChI is InChI=1S/C26H30F2/c1-3-4-20-11-15-23(16-12-20)25(27)26(28)24-17-13-22(14-18-24)10-9-21-7-5-19(2)6-8-21/h5-10,13-14,17-18,20,23H,3-4,11-12,15-16H2,1-2H3/b10-9+,26-25?. The van der Waals surface area contributed by atoms with Crippen LogP contribution >= 0.6 is 0 Å². The molecule has 2 aromatic rings. The van der Waals surface area contributed by atoms with E-state index in [0.717, 1.165) is 36.8 Å². The van der Waals surface area contributed by atoms with Gasteiger partial charge in [0.05, 0.1) is 0 Å². The van der Waals surface area contributed by atoms with E-state index >= 15 is 0 Å². The molecule has 2 aromatic carbocycles. The van der Waals surface area contributed by atoms with Gasteiger partial charge in [-0.25, -0.2) is 8.78 Å². The van der Waals surface area contributed by atoms with Crippen molar-refractivity contribution in [1.82, 2.24) is 0 Å². The number of hydrogen-bond donors (Lipinski definition) is 0. The third kappa shape index (κ3) is 5.41. The molecule has 0 saturated heterocycles. The minimum absolute atomic E-state index is 0.255. The minimum Gasteiger partial charge on any atom is -0.208 e. The molecule has 0 spiro atoms. The normalized spacial score (nSPS) is 21.0. The van der Waals surface area contributed by atoms with Crippen molar-refractivity contribution in [3.8, 4) is 0 Å². The monoisotopic (exact) mass is 380 g/mol. The van der Waals surface area contributed by atoms with Gasteiger partial charge in [-0.2, -0.15) is 0 Å². The third-order valence-corrected chi connectivity index (χ3v) is 5.82. The summed E-state index contributed by atoms with van der Waals surface area (Å²) in [5, 5.41) is 0. The van der Waals surface area contributed by atoms with Gasteiger partial charge < -0.3 is 0 Å². The Balaban J connectivity index is 1.65. The molecule has 0 unspecified atom stereocenters. The average molecular weight is 381 g/mol. The van der Waals surface area contributed by atoms with Crippen LogP contribution in [0.4, 0.5) is 8.78 Å². The lowest BCUT2D eigenvalue weighted by Gasteiger charge is -2.27. The Hall–Kier alpha value is -2.22. The zero-order valence-corrected chi connectivity index (χ0v) is 16.9. The molecule has 1 fully saturated rings. The van der Waals surface area contributed by atoms with E-state index in [1.807, 2.05) is 24.3 Å². The summed E-state index contributed by atoms with van der Waals surface area (Å²) in [7, 11) is 0. The van der Waals surface area contributed by atoms with Crippen LogP contribution in [0.15, 0.2) is 54.4 Å². The minimum atomic E-state index is -0.687. The molecule has 2 heteroatoms. The average Bonchev–Trinajstić information content (AvgIpc) is 2.73. The molecule has 0 N–H and O–H groups in total. The molecule has 0 bridgehead atoms. The predicted molar refractivity (Wildman–Crippen MR) is 116 cm³/mol. The lowest BCUT2D eigenvalue weighted by molar-refractivity contribution is 0.261. The van der Waals surface area contributed by atoms with Crippen LogP contribution in [0.25, 0.3) is 18.0 Å². The van der Waals surface area contributed by atoms with Gasteiger partial charge in [0.1, 0.15) is 5.83 Å². The van der Waals surface area contributed by atoms with Crippen LogP contribution in [-0.2, 0) is 0 Å². The Morgan fingerprint density at radius 2 is 1.39 bits per heavy atom. The van der Waals surface area contributed by atoms with Gasteiger partial charge in [0.15, 0.2) is 5.83 Å². The highest BCUT2D eigenvalue weighted by molar-refractivity contribution is 5.71. The highest BCUT2D eigenvalue weighted by atomic mass is 19.2. The molecule has 0 nitrogen and oxygen atoms in total. The van der Waals surface area contributed by atoms with Crippen LogP contribution in [0.5, 0.6) is 0 Å². The van der Waals surface area contributed by atoms with Crippen molar-refractivity contribution in [2.24, 2.45) is 11.8 Å². The molecule has 1 saturated carbocycles. The van der Waals surface area contributed by atoms with Crippen molar-refractivity contribution in [1.29, 1.82) is 0 Å². The van der Waals surface area contributed by atoms with Crippen molar-refractivity contribution >= 4 is 18.0 Å². The van der Waals surface area contributed by atoms with Gasteiger partial charge in [0.2, 0.25) is 0 Å². The van der Waals surface area contributed by atoms with Gasteiger partial charge in [-0.15, -0.1) is 0 Å². The number of benzene rings is 2. The summed E-state index contributed by atoms with van der Waals surface area (Å²) in [4.78, 5) is 0. The molecule has 3 rings (SSSR count). The zero-order chi connectivity index (χ0) is 19.9. The summed E-state index contributed by atoms with van der Waals surface area (Å²) in [6, 6.07) is 15.3. The summed E-state index contributed by atoms with van der Waals surface area (Å²) < 4.78 is 29.3. The molecule has 148 valence electrons. The second kappa shape index (κ2) is 9.82. The molecule has 0 aromatic heterocycles. The van der Waals surface area contributed by atoms with E-state index in [0.29, 0.717) is 11.5 Å². The van der Waals surface area contributed by atoms with Crippen LogP contribution in [0, 0.1) is 18.8 Å². The Bertz CT molecular complexity index is 805. The first-order valence-electron chi connectivity index (χ1n) is 10.5. The Morgan fingerprint density at radius 1 is 0.857 bits per heavy atom. The first-order valence-corrected chi connectivity index (χ1v) is 10.5. The number of rotatable bonds is 6. The van der Waals surface area contributed by atoms with Crippen LogP contribution < -0.4 is 0 Å². The Labute approximate surface area is 168 Å². The molecule has 1 aliphatic rings. The van der Waals surface area contributed by atoms with Gasteiger partial charge >= 0.3 is 0 Å². The highest BCUT2D eigenvalue weighted by Gasteiger charge is 2.26. The van der Waals surface area contributed by atoms with Crippen molar-refractivity contribution in [3.05, 3.63) is 76.6 Å². The number of halogens is 2. The van der Waals surface area contributed by atoms with E-state index in [1.54, 1.807) is 12.1 Å². The van der Waals surface area contributed by atoms with Gasteiger partial charge in [-0.05, 0) is 49.7 Å². The van der Waals surface area contributed by atoms with Gasteiger partial charge in [-0.3, -0.25) is 0 Å². The van der Waals surface area contributed by atoms with Crippen LogP contribution in [0.3, 0.4) is 0 Å². The fraction of sp³-hybridized carbons (Fsp3) is 0.385. The zero-order valence-electron chi connectivity index (χ0n) is 16.9. The molecule has 0 heterocycles. The van der Waals surface area contributed by atoms with Crippen molar-refractivity contribution in [2.45, 2.75) is 52.4 Å². The highest BCUT2D eigenvalue weighted by Crippen LogP contribution is 2.39. The molecule has 0 atom stereocenters. The van der Waals surface area contributed by atoms with Crippen LogP contribution in [0.1, 0.15) is 67.7 Å². The fourth-order valence-corrected chi connectivity index (χ4v) is 4.04. The summed E-state index contributed by atoms with van der Waals surface area (Å²) in [6.07, 6.45) is 9.95. The lowest BCUT2D eigenvalue weighted by Crippen LogP contribution is -2.15. The Morgan fingerprint density at radius 3 is 1.93 bits per heavy atom. The maximum atomic E-state index is 14.7. The molecule has 0 radical (unpaired) electrons. The topological polar surface area (TPSA) is 0 Å².